The normalized spacial score (nSPS) is 21.0. The number of fused-ring (bicyclic) bond motifs is 1. The number of nitrogens with zero attached hydrogens (tertiary/aromatic N) is 3. The fraction of sp³-hybridized carbons (Fsp3) is 0.417. The standard InChI is InChI=1S/C24H26FN3O5S2/c1-32-17-8-11-20-22(14-17)34-24(26-20)27(15-18-4-3-13-33-18)23(29)21-5-2-12-28(21)35(30,31)19-9-6-16(25)7-10-19/h6-11,14,18,21H,2-5,12-13,15H2,1H3. The van der Waals surface area contributed by atoms with Crippen LogP contribution in [-0.2, 0) is 19.6 Å². The topological polar surface area (TPSA) is 89.0 Å². The Morgan fingerprint density at radius 1 is 1.23 bits per heavy atom. The van der Waals surface area contributed by atoms with Crippen LogP contribution in [0.3, 0.4) is 0 Å². The first kappa shape index (κ1) is 24.1. The van der Waals surface area contributed by atoms with Gasteiger partial charge in [0.05, 0.1) is 34.9 Å². The Bertz CT molecular complexity index is 1320. The van der Waals surface area contributed by atoms with Crippen LogP contribution in [0.5, 0.6) is 5.75 Å². The molecular weight excluding hydrogens is 493 g/mol. The molecule has 2 aromatic carbocycles. The number of carbonyl (C=O) groups excluding carboxylic acids is 1. The molecule has 3 aromatic rings. The average molecular weight is 520 g/mol. The van der Waals surface area contributed by atoms with Crippen LogP contribution in [0, 0.1) is 5.82 Å². The molecule has 2 fully saturated rings. The number of sulfonamides is 1. The number of halogens is 1. The van der Waals surface area contributed by atoms with Crippen molar-refractivity contribution in [3.8, 4) is 5.75 Å². The number of methoxy groups -OCH3 is 1. The highest BCUT2D eigenvalue weighted by molar-refractivity contribution is 7.89. The molecule has 0 radical (unpaired) electrons. The highest BCUT2D eigenvalue weighted by Gasteiger charge is 2.42. The molecule has 8 nitrogen and oxygen atoms in total. The molecule has 2 atom stereocenters. The van der Waals surface area contributed by atoms with Gasteiger partial charge in [0, 0.05) is 13.2 Å². The average Bonchev–Trinajstić information content (AvgIpc) is 3.62. The van der Waals surface area contributed by atoms with Crippen LogP contribution in [0.25, 0.3) is 10.2 Å². The van der Waals surface area contributed by atoms with Crippen LogP contribution >= 0.6 is 11.3 Å². The zero-order chi connectivity index (χ0) is 24.6. The predicted molar refractivity (Wildman–Crippen MR) is 131 cm³/mol. The van der Waals surface area contributed by atoms with Gasteiger partial charge in [0.15, 0.2) is 5.13 Å². The molecule has 1 aromatic heterocycles. The summed E-state index contributed by atoms with van der Waals surface area (Å²) in [5.74, 6) is -0.153. The molecule has 0 aliphatic carbocycles. The zero-order valence-electron chi connectivity index (χ0n) is 19.2. The van der Waals surface area contributed by atoms with E-state index >= 15 is 0 Å². The lowest BCUT2D eigenvalue weighted by Gasteiger charge is -2.29. The zero-order valence-corrected chi connectivity index (χ0v) is 20.9. The lowest BCUT2D eigenvalue weighted by atomic mass is 10.2. The smallest absolute Gasteiger partial charge is 0.247 e. The molecule has 35 heavy (non-hydrogen) atoms. The molecule has 2 saturated heterocycles. The van der Waals surface area contributed by atoms with E-state index in [1.165, 1.54) is 27.8 Å². The van der Waals surface area contributed by atoms with Crippen molar-refractivity contribution in [2.24, 2.45) is 0 Å². The third-order valence-electron chi connectivity index (χ3n) is 6.40. The first-order valence-corrected chi connectivity index (χ1v) is 13.8. The second-order valence-electron chi connectivity index (χ2n) is 8.64. The summed E-state index contributed by atoms with van der Waals surface area (Å²) < 4.78 is 53.3. The van der Waals surface area contributed by atoms with Crippen molar-refractivity contribution in [1.82, 2.24) is 9.29 Å². The molecule has 11 heteroatoms. The van der Waals surface area contributed by atoms with Gasteiger partial charge >= 0.3 is 0 Å². The second-order valence-corrected chi connectivity index (χ2v) is 11.5. The monoisotopic (exact) mass is 519 g/mol. The molecule has 186 valence electrons. The van der Waals surface area contributed by atoms with Gasteiger partial charge in [0.1, 0.15) is 17.6 Å². The largest absolute Gasteiger partial charge is 0.497 e. The first-order valence-electron chi connectivity index (χ1n) is 11.5. The van der Waals surface area contributed by atoms with Crippen LogP contribution in [0.2, 0.25) is 0 Å². The van der Waals surface area contributed by atoms with Gasteiger partial charge in [0.2, 0.25) is 15.9 Å². The maximum Gasteiger partial charge on any atom is 0.247 e. The first-order chi connectivity index (χ1) is 16.9. The van der Waals surface area contributed by atoms with Crippen molar-refractivity contribution >= 4 is 42.6 Å². The number of aromatic nitrogens is 1. The van der Waals surface area contributed by atoms with Gasteiger partial charge in [0.25, 0.3) is 0 Å². The summed E-state index contributed by atoms with van der Waals surface area (Å²) >= 11 is 1.36. The summed E-state index contributed by atoms with van der Waals surface area (Å²) in [7, 11) is -2.38. The Labute approximate surface area is 207 Å². The number of amides is 1. The van der Waals surface area contributed by atoms with E-state index in [9.17, 15) is 17.6 Å². The molecule has 0 N–H and O–H groups in total. The van der Waals surface area contributed by atoms with E-state index in [0.717, 1.165) is 35.2 Å². The minimum atomic E-state index is -3.97. The third kappa shape index (κ3) is 4.77. The van der Waals surface area contributed by atoms with Gasteiger partial charge in [-0.05, 0) is 68.1 Å². The molecule has 0 saturated carbocycles. The highest BCUT2D eigenvalue weighted by Crippen LogP contribution is 2.35. The number of benzene rings is 2. The molecule has 0 spiro atoms. The summed E-state index contributed by atoms with van der Waals surface area (Å²) in [6, 6.07) is 9.33. The van der Waals surface area contributed by atoms with Crippen molar-refractivity contribution in [2.45, 2.75) is 42.7 Å². The molecule has 2 aliphatic rings. The maximum atomic E-state index is 13.9. The van der Waals surface area contributed by atoms with Gasteiger partial charge in [-0.3, -0.25) is 9.69 Å². The van der Waals surface area contributed by atoms with Gasteiger partial charge in [-0.25, -0.2) is 17.8 Å². The number of carbonyl (C=O) groups is 1. The Morgan fingerprint density at radius 3 is 2.74 bits per heavy atom. The van der Waals surface area contributed by atoms with Crippen LogP contribution in [-0.4, -0.2) is 62.6 Å². The fourth-order valence-electron chi connectivity index (χ4n) is 4.59. The van der Waals surface area contributed by atoms with Crippen molar-refractivity contribution in [3.63, 3.8) is 0 Å². The molecule has 2 unspecified atom stereocenters. The Morgan fingerprint density at radius 2 is 2.03 bits per heavy atom. The summed E-state index contributed by atoms with van der Waals surface area (Å²) in [4.78, 5) is 20.2. The van der Waals surface area contributed by atoms with Gasteiger partial charge in [-0.2, -0.15) is 4.31 Å². The van der Waals surface area contributed by atoms with E-state index in [4.69, 9.17) is 9.47 Å². The summed E-state index contributed by atoms with van der Waals surface area (Å²) in [5, 5.41) is 0.500. The SMILES string of the molecule is COc1ccc2nc(N(CC3CCCO3)C(=O)C3CCCN3S(=O)(=O)c3ccc(F)cc3)sc2c1. The number of rotatable bonds is 7. The Kier molecular flexibility index (Phi) is 6.75. The summed E-state index contributed by atoms with van der Waals surface area (Å²) in [6.07, 6.45) is 2.56. The molecule has 2 aliphatic heterocycles. The molecule has 1 amide bonds. The van der Waals surface area contributed by atoms with E-state index in [1.54, 1.807) is 12.0 Å². The van der Waals surface area contributed by atoms with Crippen LogP contribution in [0.4, 0.5) is 9.52 Å². The predicted octanol–water partition coefficient (Wildman–Crippen LogP) is 3.81. The lowest BCUT2D eigenvalue weighted by molar-refractivity contribution is -0.122. The van der Waals surface area contributed by atoms with E-state index in [0.29, 0.717) is 36.9 Å². The van der Waals surface area contributed by atoms with E-state index in [1.807, 2.05) is 18.2 Å². The number of thiazole rings is 1. The number of hydrogen-bond donors (Lipinski definition) is 0. The summed E-state index contributed by atoms with van der Waals surface area (Å²) in [5.41, 5.74) is 0.734. The number of hydrogen-bond acceptors (Lipinski definition) is 7. The van der Waals surface area contributed by atoms with Gasteiger partial charge < -0.3 is 9.47 Å². The Hall–Kier alpha value is -2.60. The van der Waals surface area contributed by atoms with Crippen molar-refractivity contribution < 1.29 is 27.1 Å². The second kappa shape index (κ2) is 9.81. The van der Waals surface area contributed by atoms with E-state index in [2.05, 4.69) is 4.98 Å². The van der Waals surface area contributed by atoms with E-state index < -0.39 is 21.9 Å². The van der Waals surface area contributed by atoms with E-state index in [-0.39, 0.29) is 23.5 Å². The van der Waals surface area contributed by atoms with Crippen molar-refractivity contribution in [1.29, 1.82) is 0 Å². The quantitative estimate of drug-likeness (QED) is 0.472. The summed E-state index contributed by atoms with van der Waals surface area (Å²) in [6.45, 7) is 1.16. The van der Waals surface area contributed by atoms with Crippen LogP contribution < -0.4 is 9.64 Å². The van der Waals surface area contributed by atoms with Crippen molar-refractivity contribution in [2.75, 3.05) is 31.7 Å². The number of ether oxygens (including phenoxy) is 2. The van der Waals surface area contributed by atoms with Crippen LogP contribution in [0.15, 0.2) is 47.4 Å². The maximum absolute atomic E-state index is 13.9. The minimum absolute atomic E-state index is 0.0311. The molecule has 0 bridgehead atoms. The molecule has 3 heterocycles. The third-order valence-corrected chi connectivity index (χ3v) is 9.36. The van der Waals surface area contributed by atoms with Crippen LogP contribution in [0.1, 0.15) is 25.7 Å². The molecular formula is C24H26FN3O5S2. The highest BCUT2D eigenvalue weighted by atomic mass is 32.2. The Balaban J connectivity index is 1.48. The minimum Gasteiger partial charge on any atom is -0.497 e. The lowest BCUT2D eigenvalue weighted by Crippen LogP contribution is -2.49. The van der Waals surface area contributed by atoms with Crippen molar-refractivity contribution in [3.05, 3.63) is 48.3 Å². The fourth-order valence-corrected chi connectivity index (χ4v) is 7.25. The molecule has 5 rings (SSSR count). The number of anilines is 1. The van der Waals surface area contributed by atoms with Gasteiger partial charge in [-0.15, -0.1) is 0 Å². The van der Waals surface area contributed by atoms with Gasteiger partial charge in [-0.1, -0.05) is 11.3 Å².